The van der Waals surface area contributed by atoms with Crippen LogP contribution in [0.2, 0.25) is 5.02 Å². The Balaban J connectivity index is 1.59. The summed E-state index contributed by atoms with van der Waals surface area (Å²) < 4.78 is 0. The minimum absolute atomic E-state index is 0.0771. The zero-order valence-electron chi connectivity index (χ0n) is 16.9. The van der Waals surface area contributed by atoms with Crippen molar-refractivity contribution >= 4 is 23.8 Å². The number of nitrogens with zero attached hydrogens (tertiary/aromatic N) is 3. The van der Waals surface area contributed by atoms with Gasteiger partial charge in [0.2, 0.25) is 0 Å². The van der Waals surface area contributed by atoms with E-state index in [1.165, 1.54) is 0 Å². The summed E-state index contributed by atoms with van der Waals surface area (Å²) in [4.78, 5) is 33.8. The standard InChI is InChI=1S/C24H22ClN3O3/c25-23-13-17(24(31)28-8-4-21(30)5-9-28)1-2-22(23)19-11-18(14-26-15-19)16-3-7-27-20(12-16)6-10-29/h1-3,7,10-15,21,30H,4-6,8-9H2. The fourth-order valence-corrected chi connectivity index (χ4v) is 4.02. The quantitative estimate of drug-likeness (QED) is 0.616. The molecule has 3 aromatic rings. The molecule has 158 valence electrons. The Morgan fingerprint density at radius 3 is 2.61 bits per heavy atom. The molecule has 31 heavy (non-hydrogen) atoms. The lowest BCUT2D eigenvalue weighted by Crippen LogP contribution is -2.40. The summed E-state index contributed by atoms with van der Waals surface area (Å²) in [6.07, 6.45) is 7.11. The summed E-state index contributed by atoms with van der Waals surface area (Å²) in [5, 5.41) is 10.1. The van der Waals surface area contributed by atoms with Crippen molar-refractivity contribution in [2.75, 3.05) is 13.1 Å². The number of aromatic nitrogens is 2. The van der Waals surface area contributed by atoms with E-state index in [1.807, 2.05) is 24.3 Å². The monoisotopic (exact) mass is 435 g/mol. The molecule has 1 amide bonds. The van der Waals surface area contributed by atoms with Crippen LogP contribution in [0.15, 0.2) is 55.0 Å². The lowest BCUT2D eigenvalue weighted by Gasteiger charge is -2.29. The maximum atomic E-state index is 12.8. The Kier molecular flexibility index (Phi) is 6.39. The Labute approximate surface area is 185 Å². The number of rotatable bonds is 5. The highest BCUT2D eigenvalue weighted by Gasteiger charge is 2.23. The van der Waals surface area contributed by atoms with E-state index in [-0.39, 0.29) is 18.4 Å². The van der Waals surface area contributed by atoms with Crippen LogP contribution in [0.4, 0.5) is 0 Å². The van der Waals surface area contributed by atoms with E-state index in [4.69, 9.17) is 11.6 Å². The third kappa shape index (κ3) is 4.81. The van der Waals surface area contributed by atoms with Crippen molar-refractivity contribution in [1.29, 1.82) is 0 Å². The van der Waals surface area contributed by atoms with Crippen molar-refractivity contribution in [3.05, 3.63) is 71.3 Å². The second-order valence-electron chi connectivity index (χ2n) is 7.59. The second-order valence-corrected chi connectivity index (χ2v) is 7.99. The molecule has 3 heterocycles. The van der Waals surface area contributed by atoms with Crippen molar-refractivity contribution in [3.8, 4) is 22.3 Å². The first-order valence-electron chi connectivity index (χ1n) is 10.2. The van der Waals surface area contributed by atoms with Gasteiger partial charge in [-0.3, -0.25) is 14.8 Å². The first-order chi connectivity index (χ1) is 15.0. The number of hydrogen-bond donors (Lipinski definition) is 1. The molecule has 7 heteroatoms. The van der Waals surface area contributed by atoms with E-state index in [0.29, 0.717) is 42.2 Å². The second kappa shape index (κ2) is 9.37. The highest BCUT2D eigenvalue weighted by Crippen LogP contribution is 2.31. The van der Waals surface area contributed by atoms with Crippen LogP contribution >= 0.6 is 11.6 Å². The number of halogens is 1. The Morgan fingerprint density at radius 2 is 1.87 bits per heavy atom. The summed E-state index contributed by atoms with van der Waals surface area (Å²) in [5.41, 5.74) is 4.64. The molecule has 0 unspecified atom stereocenters. The smallest absolute Gasteiger partial charge is 0.253 e. The van der Waals surface area contributed by atoms with Crippen LogP contribution < -0.4 is 0 Å². The van der Waals surface area contributed by atoms with Gasteiger partial charge in [0.05, 0.1) is 6.10 Å². The summed E-state index contributed by atoms with van der Waals surface area (Å²) in [7, 11) is 0. The zero-order chi connectivity index (χ0) is 21.8. The van der Waals surface area contributed by atoms with Gasteiger partial charge >= 0.3 is 0 Å². The van der Waals surface area contributed by atoms with Gasteiger partial charge in [-0.1, -0.05) is 17.7 Å². The van der Waals surface area contributed by atoms with Crippen LogP contribution in [-0.4, -0.2) is 51.4 Å². The van der Waals surface area contributed by atoms with Gasteiger partial charge in [0.25, 0.3) is 5.91 Å². The molecule has 1 fully saturated rings. The molecule has 1 N–H and O–H groups in total. The van der Waals surface area contributed by atoms with Crippen LogP contribution in [0.1, 0.15) is 28.9 Å². The molecule has 4 rings (SSSR count). The van der Waals surface area contributed by atoms with Crippen molar-refractivity contribution in [1.82, 2.24) is 14.9 Å². The number of hydrogen-bond acceptors (Lipinski definition) is 5. The Hall–Kier alpha value is -3.09. The number of aliphatic hydroxyl groups is 1. The highest BCUT2D eigenvalue weighted by atomic mass is 35.5. The van der Waals surface area contributed by atoms with Gasteiger partial charge < -0.3 is 14.8 Å². The number of aliphatic hydroxyl groups excluding tert-OH is 1. The molecular weight excluding hydrogens is 414 g/mol. The van der Waals surface area contributed by atoms with Gasteiger partial charge in [-0.25, -0.2) is 0 Å². The third-order valence-corrected chi connectivity index (χ3v) is 5.77. The van der Waals surface area contributed by atoms with E-state index in [0.717, 1.165) is 28.5 Å². The third-order valence-electron chi connectivity index (χ3n) is 5.46. The number of amides is 1. The van der Waals surface area contributed by atoms with Crippen molar-refractivity contribution in [3.63, 3.8) is 0 Å². The van der Waals surface area contributed by atoms with Gasteiger partial charge in [0, 0.05) is 71.1 Å². The summed E-state index contributed by atoms with van der Waals surface area (Å²) in [6, 6.07) is 11.0. The predicted octanol–water partition coefficient (Wildman–Crippen LogP) is 3.80. The number of pyridine rings is 2. The average Bonchev–Trinajstić information content (AvgIpc) is 2.79. The topological polar surface area (TPSA) is 83.4 Å². The number of aldehydes is 1. The highest BCUT2D eigenvalue weighted by molar-refractivity contribution is 6.33. The normalized spacial score (nSPS) is 14.5. The molecule has 0 spiro atoms. The summed E-state index contributed by atoms with van der Waals surface area (Å²) in [5.74, 6) is -0.0771. The van der Waals surface area contributed by atoms with E-state index in [1.54, 1.807) is 35.6 Å². The fraction of sp³-hybridized carbons (Fsp3) is 0.250. The number of benzene rings is 1. The van der Waals surface area contributed by atoms with Crippen LogP contribution in [0, 0.1) is 0 Å². The molecule has 1 aliphatic rings. The van der Waals surface area contributed by atoms with Crippen LogP contribution in [0.5, 0.6) is 0 Å². The molecule has 0 saturated carbocycles. The number of likely N-dealkylation sites (tertiary alicyclic amines) is 1. The average molecular weight is 436 g/mol. The SMILES string of the molecule is O=CCc1cc(-c2cncc(-c3ccc(C(=O)N4CCC(O)CC4)cc3Cl)c2)ccn1. The molecule has 0 bridgehead atoms. The molecular formula is C24H22ClN3O3. The molecule has 2 aromatic heterocycles. The lowest BCUT2D eigenvalue weighted by atomic mass is 10.00. The first kappa shape index (κ1) is 21.2. The molecule has 1 aliphatic heterocycles. The Bertz CT molecular complexity index is 1110. The van der Waals surface area contributed by atoms with Gasteiger partial charge in [-0.05, 0) is 48.7 Å². The van der Waals surface area contributed by atoms with Crippen molar-refractivity contribution in [2.24, 2.45) is 0 Å². The maximum absolute atomic E-state index is 12.8. The number of carbonyl (C=O) groups is 2. The zero-order valence-corrected chi connectivity index (χ0v) is 17.6. The largest absolute Gasteiger partial charge is 0.393 e. The van der Waals surface area contributed by atoms with Gasteiger partial charge in [-0.2, -0.15) is 0 Å². The molecule has 0 aliphatic carbocycles. The van der Waals surface area contributed by atoms with Crippen LogP contribution in [-0.2, 0) is 11.2 Å². The van der Waals surface area contributed by atoms with E-state index >= 15 is 0 Å². The van der Waals surface area contributed by atoms with Gasteiger partial charge in [0.1, 0.15) is 6.29 Å². The van der Waals surface area contributed by atoms with Crippen molar-refractivity contribution in [2.45, 2.75) is 25.4 Å². The molecule has 0 atom stereocenters. The summed E-state index contributed by atoms with van der Waals surface area (Å²) >= 11 is 6.55. The maximum Gasteiger partial charge on any atom is 0.253 e. The molecule has 6 nitrogen and oxygen atoms in total. The molecule has 1 aromatic carbocycles. The van der Waals surface area contributed by atoms with E-state index in [2.05, 4.69) is 9.97 Å². The van der Waals surface area contributed by atoms with Crippen molar-refractivity contribution < 1.29 is 14.7 Å². The van der Waals surface area contributed by atoms with Gasteiger partial charge in [-0.15, -0.1) is 0 Å². The number of carbonyl (C=O) groups excluding carboxylic acids is 2. The minimum Gasteiger partial charge on any atom is -0.393 e. The fourth-order valence-electron chi connectivity index (χ4n) is 3.73. The lowest BCUT2D eigenvalue weighted by molar-refractivity contribution is -0.107. The first-order valence-corrected chi connectivity index (χ1v) is 10.5. The number of piperidine rings is 1. The Morgan fingerprint density at radius 1 is 1.10 bits per heavy atom. The van der Waals surface area contributed by atoms with Gasteiger partial charge in [0.15, 0.2) is 0 Å². The van der Waals surface area contributed by atoms with Crippen LogP contribution in [0.3, 0.4) is 0 Å². The van der Waals surface area contributed by atoms with E-state index in [9.17, 15) is 14.7 Å². The molecule has 1 saturated heterocycles. The molecule has 0 radical (unpaired) electrons. The minimum atomic E-state index is -0.329. The predicted molar refractivity (Wildman–Crippen MR) is 119 cm³/mol. The summed E-state index contributed by atoms with van der Waals surface area (Å²) in [6.45, 7) is 1.09. The van der Waals surface area contributed by atoms with Crippen LogP contribution in [0.25, 0.3) is 22.3 Å². The van der Waals surface area contributed by atoms with E-state index < -0.39 is 0 Å².